The second-order valence-electron chi connectivity index (χ2n) is 5.53. The van der Waals surface area contributed by atoms with Gasteiger partial charge in [0.2, 0.25) is 5.91 Å². The van der Waals surface area contributed by atoms with E-state index in [2.05, 4.69) is 10.6 Å². The van der Waals surface area contributed by atoms with Crippen LogP contribution in [-0.2, 0) is 15.8 Å². The van der Waals surface area contributed by atoms with Crippen molar-refractivity contribution in [3.05, 3.63) is 54.1 Å². The second-order valence-corrected chi connectivity index (χ2v) is 5.53. The highest BCUT2D eigenvalue weighted by molar-refractivity contribution is 5.94. The lowest BCUT2D eigenvalue weighted by molar-refractivity contribution is -0.137. The molecule has 0 spiro atoms. The smallest absolute Gasteiger partial charge is 0.416 e. The normalized spacial score (nSPS) is 12.2. The molecule has 0 aliphatic rings. The van der Waals surface area contributed by atoms with Gasteiger partial charge in [-0.2, -0.15) is 13.2 Å². The van der Waals surface area contributed by atoms with Crippen LogP contribution in [0.2, 0.25) is 0 Å². The molecular weight excluding hydrogens is 349 g/mol. The van der Waals surface area contributed by atoms with Gasteiger partial charge in [0.05, 0.1) is 5.56 Å². The Labute approximate surface area is 148 Å². The molecule has 2 amide bonds. The van der Waals surface area contributed by atoms with E-state index in [1.807, 2.05) is 0 Å². The van der Waals surface area contributed by atoms with Crippen LogP contribution in [0.4, 0.5) is 24.5 Å². The van der Waals surface area contributed by atoms with Crippen LogP contribution < -0.4 is 15.4 Å². The summed E-state index contributed by atoms with van der Waals surface area (Å²) in [5.74, 6) is -0.423. The first-order valence-corrected chi connectivity index (χ1v) is 7.67. The average Bonchev–Trinajstić information content (AvgIpc) is 2.55. The fourth-order valence-electron chi connectivity index (χ4n) is 2.09. The van der Waals surface area contributed by atoms with Gasteiger partial charge in [-0.3, -0.25) is 9.59 Å². The second kappa shape index (κ2) is 7.90. The first-order valence-electron chi connectivity index (χ1n) is 7.67. The number of ether oxygens (including phenoxy) is 1. The zero-order chi connectivity index (χ0) is 19.3. The van der Waals surface area contributed by atoms with Crippen LogP contribution in [0.1, 0.15) is 19.4 Å². The third-order valence-electron chi connectivity index (χ3n) is 3.31. The van der Waals surface area contributed by atoms with Gasteiger partial charge < -0.3 is 15.4 Å². The largest absolute Gasteiger partial charge is 0.481 e. The molecule has 0 heterocycles. The van der Waals surface area contributed by atoms with E-state index in [1.54, 1.807) is 24.3 Å². The summed E-state index contributed by atoms with van der Waals surface area (Å²) in [6.45, 7) is 2.86. The number of nitrogens with one attached hydrogen (secondary N) is 2. The lowest BCUT2D eigenvalue weighted by atomic mass is 10.2. The van der Waals surface area contributed by atoms with Crippen LogP contribution in [0.15, 0.2) is 48.5 Å². The van der Waals surface area contributed by atoms with Gasteiger partial charge in [0.15, 0.2) is 6.10 Å². The van der Waals surface area contributed by atoms with E-state index in [4.69, 9.17) is 4.74 Å². The highest BCUT2D eigenvalue weighted by Crippen LogP contribution is 2.30. The van der Waals surface area contributed by atoms with Gasteiger partial charge in [-0.05, 0) is 49.4 Å². The van der Waals surface area contributed by atoms with Crippen LogP contribution in [0.3, 0.4) is 0 Å². The maximum absolute atomic E-state index is 12.7. The number of hydrogen-bond acceptors (Lipinski definition) is 3. The Balaban J connectivity index is 1.98. The third kappa shape index (κ3) is 5.51. The van der Waals surface area contributed by atoms with E-state index < -0.39 is 23.8 Å². The van der Waals surface area contributed by atoms with Crippen molar-refractivity contribution in [3.63, 3.8) is 0 Å². The molecule has 0 aromatic heterocycles. The summed E-state index contributed by atoms with van der Waals surface area (Å²) in [6, 6.07) is 10.7. The molecule has 0 aliphatic carbocycles. The van der Waals surface area contributed by atoms with E-state index in [0.717, 1.165) is 12.1 Å². The molecule has 8 heteroatoms. The van der Waals surface area contributed by atoms with Gasteiger partial charge in [-0.25, -0.2) is 0 Å². The Morgan fingerprint density at radius 2 is 1.65 bits per heavy atom. The van der Waals surface area contributed by atoms with Gasteiger partial charge in [0, 0.05) is 18.3 Å². The summed E-state index contributed by atoms with van der Waals surface area (Å²) < 4.78 is 43.6. The van der Waals surface area contributed by atoms with Gasteiger partial charge in [-0.15, -0.1) is 0 Å². The Kier molecular flexibility index (Phi) is 5.86. The number of anilines is 2. The Morgan fingerprint density at radius 1 is 1.00 bits per heavy atom. The number of rotatable bonds is 5. The SMILES string of the molecule is CC(=O)Nc1ccc(O[C@H](C)C(=O)Nc2cccc(C(F)(F)F)c2)cc1. The van der Waals surface area contributed by atoms with Crippen molar-refractivity contribution in [1.29, 1.82) is 0 Å². The standard InChI is InChI=1S/C18H17F3N2O3/c1-11(26-16-8-6-14(7-9-16)22-12(2)24)17(25)23-15-5-3-4-13(10-15)18(19,20)21/h3-11H,1-2H3,(H,22,24)(H,23,25)/t11-/m1/s1. The van der Waals surface area contributed by atoms with Gasteiger partial charge in [-0.1, -0.05) is 6.07 Å². The number of carbonyl (C=O) groups excluding carboxylic acids is 2. The zero-order valence-electron chi connectivity index (χ0n) is 14.1. The minimum absolute atomic E-state index is 0.0290. The Bertz CT molecular complexity index is 789. The highest BCUT2D eigenvalue weighted by Gasteiger charge is 2.30. The molecule has 1 atom stereocenters. The quantitative estimate of drug-likeness (QED) is 0.838. The summed E-state index contributed by atoms with van der Waals surface area (Å²) in [4.78, 5) is 23.1. The molecule has 0 unspecified atom stereocenters. The molecule has 138 valence electrons. The van der Waals surface area contributed by atoms with Crippen molar-refractivity contribution < 1.29 is 27.5 Å². The molecule has 2 rings (SSSR count). The van der Waals surface area contributed by atoms with Gasteiger partial charge >= 0.3 is 6.18 Å². The van der Waals surface area contributed by atoms with Crippen molar-refractivity contribution in [2.75, 3.05) is 10.6 Å². The van der Waals surface area contributed by atoms with Gasteiger partial charge in [0.1, 0.15) is 5.75 Å². The zero-order valence-corrected chi connectivity index (χ0v) is 14.1. The lowest BCUT2D eigenvalue weighted by Crippen LogP contribution is -2.30. The number of alkyl halides is 3. The van der Waals surface area contributed by atoms with E-state index in [1.165, 1.54) is 26.0 Å². The number of hydrogen-bond donors (Lipinski definition) is 2. The summed E-state index contributed by atoms with van der Waals surface area (Å²) >= 11 is 0. The molecule has 2 aromatic rings. The van der Waals surface area contributed by atoms with Gasteiger partial charge in [0.25, 0.3) is 5.91 Å². The van der Waals surface area contributed by atoms with Crippen molar-refractivity contribution in [1.82, 2.24) is 0 Å². The number of halogens is 3. The molecule has 2 aromatic carbocycles. The van der Waals surface area contributed by atoms with Crippen molar-refractivity contribution in [3.8, 4) is 5.75 Å². The number of amides is 2. The molecular formula is C18H17F3N2O3. The van der Waals surface area contributed by atoms with Crippen LogP contribution in [0.5, 0.6) is 5.75 Å². The minimum atomic E-state index is -4.49. The van der Waals surface area contributed by atoms with E-state index >= 15 is 0 Å². The minimum Gasteiger partial charge on any atom is -0.481 e. The summed E-state index contributed by atoms with van der Waals surface area (Å²) in [5.41, 5.74) is -0.246. The average molecular weight is 366 g/mol. The molecule has 0 fully saturated rings. The lowest BCUT2D eigenvalue weighted by Gasteiger charge is -2.16. The summed E-state index contributed by atoms with van der Waals surface area (Å²) in [7, 11) is 0. The van der Waals surface area contributed by atoms with E-state index in [9.17, 15) is 22.8 Å². The highest BCUT2D eigenvalue weighted by atomic mass is 19.4. The number of carbonyl (C=O) groups is 2. The predicted octanol–water partition coefficient (Wildman–Crippen LogP) is 4.07. The topological polar surface area (TPSA) is 67.4 Å². The Morgan fingerprint density at radius 3 is 2.23 bits per heavy atom. The van der Waals surface area contributed by atoms with E-state index in [0.29, 0.717) is 11.4 Å². The van der Waals surface area contributed by atoms with Crippen LogP contribution in [-0.4, -0.2) is 17.9 Å². The fourth-order valence-corrected chi connectivity index (χ4v) is 2.09. The van der Waals surface area contributed by atoms with E-state index in [-0.39, 0.29) is 11.6 Å². The molecule has 2 N–H and O–H groups in total. The first kappa shape index (κ1) is 19.3. The third-order valence-corrected chi connectivity index (χ3v) is 3.31. The van der Waals surface area contributed by atoms with Crippen LogP contribution >= 0.6 is 0 Å². The van der Waals surface area contributed by atoms with Crippen LogP contribution in [0.25, 0.3) is 0 Å². The summed E-state index contributed by atoms with van der Waals surface area (Å²) in [6.07, 6.45) is -5.42. The molecule has 5 nitrogen and oxygen atoms in total. The molecule has 0 saturated carbocycles. The monoisotopic (exact) mass is 366 g/mol. The maximum Gasteiger partial charge on any atom is 0.416 e. The fraction of sp³-hybridized carbons (Fsp3) is 0.222. The maximum atomic E-state index is 12.7. The summed E-state index contributed by atoms with van der Waals surface area (Å²) in [5, 5.41) is 4.98. The van der Waals surface area contributed by atoms with Crippen molar-refractivity contribution in [2.24, 2.45) is 0 Å². The molecule has 0 radical (unpaired) electrons. The molecule has 26 heavy (non-hydrogen) atoms. The van der Waals surface area contributed by atoms with Crippen LogP contribution in [0, 0.1) is 0 Å². The van der Waals surface area contributed by atoms with Crippen molar-refractivity contribution >= 4 is 23.2 Å². The molecule has 0 saturated heterocycles. The number of benzene rings is 2. The Hall–Kier alpha value is -3.03. The first-order chi connectivity index (χ1) is 12.1. The predicted molar refractivity (Wildman–Crippen MR) is 90.9 cm³/mol. The molecule has 0 bridgehead atoms. The van der Waals surface area contributed by atoms with Crippen molar-refractivity contribution in [2.45, 2.75) is 26.1 Å². The molecule has 0 aliphatic heterocycles.